The molecule has 1 rings (SSSR count). The van der Waals surface area contributed by atoms with Gasteiger partial charge in [0.15, 0.2) is 6.10 Å². The van der Waals surface area contributed by atoms with Gasteiger partial charge in [-0.15, -0.1) is 0 Å². The summed E-state index contributed by atoms with van der Waals surface area (Å²) in [6, 6.07) is -0.459. The van der Waals surface area contributed by atoms with Crippen molar-refractivity contribution in [1.29, 1.82) is 0 Å². The van der Waals surface area contributed by atoms with Crippen LogP contribution < -0.4 is 10.6 Å². The first-order valence-electron chi connectivity index (χ1n) is 5.91. The molecule has 0 radical (unpaired) electrons. The molecule has 104 valence electrons. The van der Waals surface area contributed by atoms with Gasteiger partial charge in [0.05, 0.1) is 6.54 Å². The van der Waals surface area contributed by atoms with Crippen molar-refractivity contribution >= 4 is 12.0 Å². The predicted molar refractivity (Wildman–Crippen MR) is 63.2 cm³/mol. The second-order valence-corrected chi connectivity index (χ2v) is 4.66. The number of methoxy groups -OCH3 is 1. The quantitative estimate of drug-likeness (QED) is 0.472. The molecule has 7 nitrogen and oxygen atoms in total. The minimum atomic E-state index is -1.57. The van der Waals surface area contributed by atoms with Crippen molar-refractivity contribution in [2.75, 3.05) is 26.8 Å². The third-order valence-electron chi connectivity index (χ3n) is 3.16. The summed E-state index contributed by atoms with van der Waals surface area (Å²) in [6.45, 7) is 0.915. The van der Waals surface area contributed by atoms with Crippen LogP contribution in [0.15, 0.2) is 0 Å². The fourth-order valence-corrected chi connectivity index (χ4v) is 1.62. The number of rotatable bonds is 8. The van der Waals surface area contributed by atoms with Crippen molar-refractivity contribution < 1.29 is 24.5 Å². The van der Waals surface area contributed by atoms with E-state index < -0.39 is 18.1 Å². The molecule has 1 saturated carbocycles. The molecule has 1 atom stereocenters. The molecule has 0 saturated heterocycles. The van der Waals surface area contributed by atoms with Crippen LogP contribution in [0.3, 0.4) is 0 Å². The fraction of sp³-hybridized carbons (Fsp3) is 0.818. The van der Waals surface area contributed by atoms with E-state index in [-0.39, 0.29) is 12.0 Å². The highest BCUT2D eigenvalue weighted by Gasteiger charge is 2.42. The van der Waals surface area contributed by atoms with Crippen LogP contribution in [0.4, 0.5) is 4.79 Å². The molecule has 0 aromatic heterocycles. The second-order valence-electron chi connectivity index (χ2n) is 4.66. The summed E-state index contributed by atoms with van der Waals surface area (Å²) < 4.78 is 5.00. The van der Waals surface area contributed by atoms with Crippen molar-refractivity contribution in [3.05, 3.63) is 0 Å². The number of aliphatic carboxylic acids is 1. The number of carboxylic acid groups (broad SMARTS) is 1. The van der Waals surface area contributed by atoms with Crippen LogP contribution in [0, 0.1) is 5.41 Å². The van der Waals surface area contributed by atoms with Crippen molar-refractivity contribution in [3.8, 4) is 0 Å². The van der Waals surface area contributed by atoms with E-state index in [1.165, 1.54) is 0 Å². The Morgan fingerprint density at radius 3 is 2.56 bits per heavy atom. The number of carbonyl (C=O) groups is 2. The zero-order chi connectivity index (χ0) is 13.6. The molecular weight excluding hydrogens is 240 g/mol. The Bertz CT molecular complexity index is 304. The first kappa shape index (κ1) is 14.7. The Hall–Kier alpha value is -1.34. The monoisotopic (exact) mass is 260 g/mol. The van der Waals surface area contributed by atoms with Gasteiger partial charge in [0.1, 0.15) is 0 Å². The number of nitrogens with one attached hydrogen (secondary N) is 2. The average Bonchev–Trinajstić information content (AvgIpc) is 3.11. The first-order chi connectivity index (χ1) is 8.49. The van der Waals surface area contributed by atoms with Crippen LogP contribution in [0.25, 0.3) is 0 Å². The van der Waals surface area contributed by atoms with Crippen molar-refractivity contribution in [2.24, 2.45) is 5.41 Å². The second kappa shape index (κ2) is 6.55. The third kappa shape index (κ3) is 4.89. The summed E-state index contributed by atoms with van der Waals surface area (Å²) in [6.07, 6.45) is 1.46. The van der Waals surface area contributed by atoms with Crippen molar-refractivity contribution in [3.63, 3.8) is 0 Å². The van der Waals surface area contributed by atoms with Gasteiger partial charge in [0, 0.05) is 20.3 Å². The van der Waals surface area contributed by atoms with Gasteiger partial charge in [-0.25, -0.2) is 9.59 Å². The molecule has 1 unspecified atom stereocenters. The molecule has 4 N–H and O–H groups in total. The van der Waals surface area contributed by atoms with Crippen LogP contribution in [0.5, 0.6) is 0 Å². The van der Waals surface area contributed by atoms with Crippen LogP contribution in [-0.2, 0) is 9.53 Å². The Morgan fingerprint density at radius 1 is 1.39 bits per heavy atom. The molecule has 0 aromatic rings. The SMILES string of the molecule is COCCC1(CNC(=O)NCC(O)C(=O)O)CC1. The van der Waals surface area contributed by atoms with Gasteiger partial charge in [-0.1, -0.05) is 0 Å². The number of ether oxygens (including phenoxy) is 1. The maximum Gasteiger partial charge on any atom is 0.334 e. The molecule has 0 bridgehead atoms. The smallest absolute Gasteiger partial charge is 0.334 e. The van der Waals surface area contributed by atoms with Crippen molar-refractivity contribution in [2.45, 2.75) is 25.4 Å². The summed E-state index contributed by atoms with van der Waals surface area (Å²) in [5.41, 5.74) is 0.138. The van der Waals surface area contributed by atoms with E-state index in [9.17, 15) is 9.59 Å². The van der Waals surface area contributed by atoms with Crippen LogP contribution in [0.1, 0.15) is 19.3 Å². The van der Waals surface area contributed by atoms with Gasteiger partial charge in [0.2, 0.25) is 0 Å². The Labute approximate surface area is 106 Å². The van der Waals surface area contributed by atoms with Gasteiger partial charge in [-0.2, -0.15) is 0 Å². The molecule has 1 aliphatic carbocycles. The zero-order valence-electron chi connectivity index (χ0n) is 10.4. The third-order valence-corrected chi connectivity index (χ3v) is 3.16. The number of aliphatic hydroxyl groups is 1. The van der Waals surface area contributed by atoms with Gasteiger partial charge in [0.25, 0.3) is 0 Å². The molecule has 7 heteroatoms. The molecule has 0 spiro atoms. The molecular formula is C11H20N2O5. The largest absolute Gasteiger partial charge is 0.479 e. The highest BCUT2D eigenvalue weighted by molar-refractivity contribution is 5.76. The Balaban J connectivity index is 2.15. The summed E-state index contributed by atoms with van der Waals surface area (Å²) in [4.78, 5) is 21.7. The lowest BCUT2D eigenvalue weighted by atomic mass is 10.0. The van der Waals surface area contributed by atoms with E-state index in [0.717, 1.165) is 19.3 Å². The van der Waals surface area contributed by atoms with Crippen molar-refractivity contribution in [1.82, 2.24) is 10.6 Å². The first-order valence-corrected chi connectivity index (χ1v) is 5.91. The zero-order valence-corrected chi connectivity index (χ0v) is 10.4. The van der Waals surface area contributed by atoms with Crippen LogP contribution in [0.2, 0.25) is 0 Å². The fourth-order valence-electron chi connectivity index (χ4n) is 1.62. The van der Waals surface area contributed by atoms with Gasteiger partial charge >= 0.3 is 12.0 Å². The molecule has 1 fully saturated rings. The van der Waals surface area contributed by atoms with Crippen LogP contribution in [-0.4, -0.2) is 55.1 Å². The highest BCUT2D eigenvalue weighted by atomic mass is 16.5. The van der Waals surface area contributed by atoms with E-state index >= 15 is 0 Å². The summed E-state index contributed by atoms with van der Waals surface area (Å²) >= 11 is 0. The van der Waals surface area contributed by atoms with E-state index in [1.54, 1.807) is 7.11 Å². The highest BCUT2D eigenvalue weighted by Crippen LogP contribution is 2.48. The summed E-state index contributed by atoms with van der Waals surface area (Å²) in [5, 5.41) is 22.4. The normalized spacial score (nSPS) is 17.9. The average molecular weight is 260 g/mol. The maximum absolute atomic E-state index is 11.4. The standard InChI is InChI=1S/C11H20N2O5/c1-18-5-4-11(2-3-11)7-13-10(17)12-6-8(14)9(15)16/h8,14H,2-7H2,1H3,(H,15,16)(H2,12,13,17). The van der Waals surface area contributed by atoms with E-state index in [1.807, 2.05) is 0 Å². The van der Waals surface area contributed by atoms with E-state index in [2.05, 4.69) is 10.6 Å². The number of hydrogen-bond acceptors (Lipinski definition) is 4. The Morgan fingerprint density at radius 2 is 2.06 bits per heavy atom. The van der Waals surface area contributed by atoms with E-state index in [4.69, 9.17) is 14.9 Å². The molecule has 1 aliphatic rings. The van der Waals surface area contributed by atoms with Crippen LogP contribution >= 0.6 is 0 Å². The molecule has 18 heavy (non-hydrogen) atoms. The molecule has 0 heterocycles. The Kier molecular flexibility index (Phi) is 5.36. The van der Waals surface area contributed by atoms with Gasteiger partial charge in [-0.3, -0.25) is 0 Å². The number of hydrogen-bond donors (Lipinski definition) is 4. The number of aliphatic hydroxyl groups excluding tert-OH is 1. The molecule has 2 amide bonds. The summed E-state index contributed by atoms with van der Waals surface area (Å²) in [7, 11) is 1.64. The molecule has 0 aliphatic heterocycles. The lowest BCUT2D eigenvalue weighted by molar-refractivity contribution is -0.146. The number of carboxylic acids is 1. The lowest BCUT2D eigenvalue weighted by Gasteiger charge is -2.16. The minimum Gasteiger partial charge on any atom is -0.479 e. The number of amides is 2. The topological polar surface area (TPSA) is 108 Å². The minimum absolute atomic E-state index is 0.138. The molecule has 0 aromatic carbocycles. The number of urea groups is 1. The predicted octanol–water partition coefficient (Wildman–Crippen LogP) is -0.452. The maximum atomic E-state index is 11.4. The lowest BCUT2D eigenvalue weighted by Crippen LogP contribution is -2.43. The van der Waals surface area contributed by atoms with E-state index in [0.29, 0.717) is 13.2 Å². The summed E-state index contributed by atoms with van der Waals surface area (Å²) in [5.74, 6) is -1.35. The van der Waals surface area contributed by atoms with Gasteiger partial charge in [-0.05, 0) is 24.7 Å². The number of carbonyl (C=O) groups excluding carboxylic acids is 1. The van der Waals surface area contributed by atoms with Gasteiger partial charge < -0.3 is 25.6 Å².